The first kappa shape index (κ1) is 26.1. The number of hydrogen-bond acceptors (Lipinski definition) is 8. The SMILES string of the molecule is CC(C)c1nc(C(=O)NCc2ccc(-c3ccnc4[nH]nc(N5CC[C@@H](NC(=O)N(C)C)C5)c34)cc2F)no1. The summed E-state index contributed by atoms with van der Waals surface area (Å²) in [7, 11) is 3.41. The molecule has 0 bridgehead atoms. The van der Waals surface area contributed by atoms with Crippen molar-refractivity contribution in [2.45, 2.75) is 38.8 Å². The first-order valence-electron chi connectivity index (χ1n) is 12.7. The van der Waals surface area contributed by atoms with E-state index >= 15 is 4.39 Å². The standard InChI is InChI=1S/C26H30FN9O3/c1-14(2)25-31-22(34-39-25)24(37)29-12-16-6-5-15(11-19(16)27)18-7-9-28-21-20(18)23(33-32-21)36-10-8-17(13-36)30-26(38)35(3)4/h5-7,9,11,14,17H,8,10,12-13H2,1-4H3,(H,29,37)(H,30,38)(H,28,32,33)/t17-/m1/s1. The number of carbonyl (C=O) groups is 2. The molecule has 4 aromatic rings. The van der Waals surface area contributed by atoms with Gasteiger partial charge in [-0.25, -0.2) is 14.2 Å². The number of aromatic amines is 1. The predicted octanol–water partition coefficient (Wildman–Crippen LogP) is 3.05. The Hall–Kier alpha value is -4.55. The summed E-state index contributed by atoms with van der Waals surface area (Å²) in [5, 5.41) is 17.6. The van der Waals surface area contributed by atoms with Crippen LogP contribution in [0.1, 0.15) is 48.3 Å². The summed E-state index contributed by atoms with van der Waals surface area (Å²) in [5.74, 6) is -0.0405. The first-order valence-corrected chi connectivity index (χ1v) is 12.7. The minimum absolute atomic E-state index is 0.00437. The Bertz CT molecular complexity index is 1510. The molecule has 1 atom stereocenters. The van der Waals surface area contributed by atoms with Crippen molar-refractivity contribution in [3.8, 4) is 11.1 Å². The zero-order valence-electron chi connectivity index (χ0n) is 22.2. The average Bonchev–Trinajstić information content (AvgIpc) is 3.67. The Morgan fingerprint density at radius 1 is 1.28 bits per heavy atom. The smallest absolute Gasteiger partial charge is 0.317 e. The molecule has 1 aliphatic rings. The number of amides is 3. The lowest BCUT2D eigenvalue weighted by Crippen LogP contribution is -2.42. The van der Waals surface area contributed by atoms with Gasteiger partial charge >= 0.3 is 6.03 Å². The molecule has 0 saturated carbocycles. The highest BCUT2D eigenvalue weighted by Gasteiger charge is 2.28. The number of urea groups is 1. The molecule has 12 nitrogen and oxygen atoms in total. The summed E-state index contributed by atoms with van der Waals surface area (Å²) in [6, 6.07) is 6.54. The van der Waals surface area contributed by atoms with Crippen LogP contribution in [0.15, 0.2) is 35.0 Å². The number of hydrogen-bond donors (Lipinski definition) is 3. The molecule has 13 heteroatoms. The van der Waals surface area contributed by atoms with Crippen LogP contribution in [0.3, 0.4) is 0 Å². The number of halogens is 1. The molecule has 204 valence electrons. The van der Waals surface area contributed by atoms with Gasteiger partial charge in [0.25, 0.3) is 11.7 Å². The van der Waals surface area contributed by atoms with Crippen LogP contribution in [0, 0.1) is 5.82 Å². The highest BCUT2D eigenvalue weighted by Crippen LogP contribution is 2.35. The fraction of sp³-hybridized carbons (Fsp3) is 0.385. The quantitative estimate of drug-likeness (QED) is 0.327. The number of carbonyl (C=O) groups excluding carboxylic acids is 2. The molecular weight excluding hydrogens is 505 g/mol. The van der Waals surface area contributed by atoms with E-state index in [4.69, 9.17) is 4.52 Å². The van der Waals surface area contributed by atoms with Crippen LogP contribution in [-0.4, -0.2) is 75.4 Å². The molecule has 1 aliphatic heterocycles. The lowest BCUT2D eigenvalue weighted by atomic mass is 10.0. The summed E-state index contributed by atoms with van der Waals surface area (Å²) in [5.41, 5.74) is 2.32. The number of nitrogens with zero attached hydrogens (tertiary/aromatic N) is 6. The van der Waals surface area contributed by atoms with E-state index in [1.165, 1.54) is 11.0 Å². The number of aromatic nitrogens is 5. The van der Waals surface area contributed by atoms with E-state index in [0.717, 1.165) is 17.4 Å². The largest absolute Gasteiger partial charge is 0.352 e. The monoisotopic (exact) mass is 535 g/mol. The van der Waals surface area contributed by atoms with Crippen molar-refractivity contribution >= 4 is 28.8 Å². The lowest BCUT2D eigenvalue weighted by Gasteiger charge is -2.19. The van der Waals surface area contributed by atoms with Crippen molar-refractivity contribution in [1.29, 1.82) is 0 Å². The Labute approximate surface area is 224 Å². The lowest BCUT2D eigenvalue weighted by molar-refractivity contribution is 0.0937. The molecular formula is C26H30FN9O3. The third-order valence-corrected chi connectivity index (χ3v) is 6.61. The van der Waals surface area contributed by atoms with E-state index in [2.05, 4.69) is 40.9 Å². The number of H-pyrrole nitrogens is 1. The molecule has 5 rings (SSSR count). The Morgan fingerprint density at radius 3 is 2.82 bits per heavy atom. The number of fused-ring (bicyclic) bond motifs is 1. The van der Waals surface area contributed by atoms with Crippen LogP contribution in [-0.2, 0) is 6.54 Å². The van der Waals surface area contributed by atoms with Crippen molar-refractivity contribution in [3.05, 3.63) is 53.6 Å². The van der Waals surface area contributed by atoms with E-state index in [0.29, 0.717) is 41.6 Å². The normalized spacial score (nSPS) is 15.2. The Morgan fingerprint density at radius 2 is 2.10 bits per heavy atom. The minimum atomic E-state index is -0.543. The summed E-state index contributed by atoms with van der Waals surface area (Å²) in [4.78, 5) is 36.5. The second-order valence-corrected chi connectivity index (χ2v) is 10.0. The molecule has 3 amide bonds. The molecule has 3 aromatic heterocycles. The summed E-state index contributed by atoms with van der Waals surface area (Å²) in [6.45, 7) is 5.03. The van der Waals surface area contributed by atoms with Gasteiger partial charge in [0.15, 0.2) is 11.5 Å². The van der Waals surface area contributed by atoms with E-state index < -0.39 is 11.7 Å². The van der Waals surface area contributed by atoms with Crippen LogP contribution < -0.4 is 15.5 Å². The van der Waals surface area contributed by atoms with E-state index in [-0.39, 0.29) is 30.4 Å². The molecule has 0 spiro atoms. The van der Waals surface area contributed by atoms with Gasteiger partial charge < -0.3 is 25.0 Å². The van der Waals surface area contributed by atoms with Crippen LogP contribution in [0.2, 0.25) is 0 Å². The topological polar surface area (TPSA) is 145 Å². The van der Waals surface area contributed by atoms with Crippen molar-refractivity contribution in [3.63, 3.8) is 0 Å². The third-order valence-electron chi connectivity index (χ3n) is 6.61. The molecule has 1 fully saturated rings. The molecule has 4 heterocycles. The third kappa shape index (κ3) is 5.38. The first-order chi connectivity index (χ1) is 18.7. The van der Waals surface area contributed by atoms with Crippen molar-refractivity contribution in [1.82, 2.24) is 40.9 Å². The highest BCUT2D eigenvalue weighted by molar-refractivity contribution is 6.00. The maximum absolute atomic E-state index is 15.2. The second-order valence-electron chi connectivity index (χ2n) is 10.0. The van der Waals surface area contributed by atoms with Crippen LogP contribution in [0.5, 0.6) is 0 Å². The fourth-order valence-electron chi connectivity index (χ4n) is 4.45. The number of anilines is 1. The van der Waals surface area contributed by atoms with Gasteiger partial charge in [-0.05, 0) is 29.7 Å². The molecule has 0 aliphatic carbocycles. The summed E-state index contributed by atoms with van der Waals surface area (Å²) in [6.07, 6.45) is 2.42. The van der Waals surface area contributed by atoms with E-state index in [1.807, 2.05) is 19.9 Å². The number of benzene rings is 1. The molecule has 3 N–H and O–H groups in total. The molecule has 1 saturated heterocycles. The van der Waals surface area contributed by atoms with Gasteiger partial charge in [-0.15, -0.1) is 0 Å². The molecule has 0 radical (unpaired) electrons. The van der Waals surface area contributed by atoms with Gasteiger partial charge in [0.05, 0.1) is 5.39 Å². The van der Waals surface area contributed by atoms with Crippen LogP contribution in [0.25, 0.3) is 22.2 Å². The van der Waals surface area contributed by atoms with E-state index in [1.54, 1.807) is 32.4 Å². The van der Waals surface area contributed by atoms with Gasteiger partial charge in [-0.1, -0.05) is 31.1 Å². The second kappa shape index (κ2) is 10.7. The average molecular weight is 536 g/mol. The van der Waals surface area contributed by atoms with Crippen molar-refractivity contribution in [2.75, 3.05) is 32.1 Å². The Balaban J connectivity index is 1.33. The minimum Gasteiger partial charge on any atom is -0.352 e. The van der Waals surface area contributed by atoms with Crippen LogP contribution in [0.4, 0.5) is 15.0 Å². The van der Waals surface area contributed by atoms with E-state index in [9.17, 15) is 9.59 Å². The molecule has 0 unspecified atom stereocenters. The van der Waals surface area contributed by atoms with Crippen molar-refractivity contribution < 1.29 is 18.5 Å². The summed E-state index contributed by atoms with van der Waals surface area (Å²) < 4.78 is 20.2. The van der Waals surface area contributed by atoms with Crippen molar-refractivity contribution in [2.24, 2.45) is 0 Å². The predicted molar refractivity (Wildman–Crippen MR) is 142 cm³/mol. The number of nitrogens with one attached hydrogen (secondary N) is 3. The maximum atomic E-state index is 15.2. The maximum Gasteiger partial charge on any atom is 0.317 e. The molecule has 1 aromatic carbocycles. The van der Waals surface area contributed by atoms with Gasteiger partial charge in [-0.3, -0.25) is 9.89 Å². The zero-order chi connectivity index (χ0) is 27.7. The summed E-state index contributed by atoms with van der Waals surface area (Å²) >= 11 is 0. The van der Waals surface area contributed by atoms with Gasteiger partial charge in [-0.2, -0.15) is 10.1 Å². The van der Waals surface area contributed by atoms with Gasteiger partial charge in [0, 0.05) is 57.4 Å². The molecule has 39 heavy (non-hydrogen) atoms. The number of pyridine rings is 1. The van der Waals surface area contributed by atoms with Crippen LogP contribution >= 0.6 is 0 Å². The highest BCUT2D eigenvalue weighted by atomic mass is 19.1. The van der Waals surface area contributed by atoms with Gasteiger partial charge in [0.2, 0.25) is 5.89 Å². The fourth-order valence-corrected chi connectivity index (χ4v) is 4.45. The van der Waals surface area contributed by atoms with Gasteiger partial charge in [0.1, 0.15) is 5.82 Å². The Kier molecular flexibility index (Phi) is 7.13. The zero-order valence-corrected chi connectivity index (χ0v) is 22.2. The number of rotatable bonds is 7.